The van der Waals surface area contributed by atoms with Gasteiger partial charge < -0.3 is 10.1 Å². The molecule has 1 aliphatic rings. The van der Waals surface area contributed by atoms with Crippen LogP contribution in [0.3, 0.4) is 0 Å². The van der Waals surface area contributed by atoms with Crippen LogP contribution in [-0.4, -0.2) is 43.7 Å². The first-order chi connectivity index (χ1) is 8.78. The average molecular weight is 248 g/mol. The average Bonchev–Trinajstić information content (AvgIpc) is 2.85. The lowest BCUT2D eigenvalue weighted by Gasteiger charge is -2.16. The Kier molecular flexibility index (Phi) is 4.73. The normalized spacial score (nSPS) is 19.9. The number of hydrogen-bond donors (Lipinski definition) is 1. The molecule has 0 saturated carbocycles. The Labute approximate surface area is 108 Å². The smallest absolute Gasteiger partial charge is 0.319 e. The highest BCUT2D eigenvalue weighted by atomic mass is 16.5. The Bertz CT molecular complexity index is 381. The maximum atomic E-state index is 11.0. The van der Waals surface area contributed by atoms with Gasteiger partial charge in [0.05, 0.1) is 13.7 Å². The first-order valence-electron chi connectivity index (χ1n) is 6.34. The third-order valence-corrected chi connectivity index (χ3v) is 3.28. The van der Waals surface area contributed by atoms with Gasteiger partial charge in [-0.3, -0.25) is 9.69 Å². The molecule has 0 amide bonds. The molecule has 1 aromatic carbocycles. The minimum atomic E-state index is -0.198. The third-order valence-electron chi connectivity index (χ3n) is 3.28. The van der Waals surface area contributed by atoms with Crippen LogP contribution < -0.4 is 5.32 Å². The molecule has 4 heteroatoms. The molecule has 0 spiro atoms. The molecule has 98 valence electrons. The second kappa shape index (κ2) is 6.52. The Morgan fingerprint density at radius 1 is 1.44 bits per heavy atom. The lowest BCUT2D eigenvalue weighted by molar-refractivity contribution is -0.139. The minimum absolute atomic E-state index is 0.198. The highest BCUT2D eigenvalue weighted by Gasteiger charge is 2.22. The highest BCUT2D eigenvalue weighted by molar-refractivity contribution is 5.71. The van der Waals surface area contributed by atoms with E-state index in [-0.39, 0.29) is 5.97 Å². The van der Waals surface area contributed by atoms with Crippen LogP contribution in [0.1, 0.15) is 12.0 Å². The monoisotopic (exact) mass is 248 g/mol. The zero-order chi connectivity index (χ0) is 12.8. The van der Waals surface area contributed by atoms with Crippen LogP contribution in [0.4, 0.5) is 0 Å². The lowest BCUT2D eigenvalue weighted by Crippen LogP contribution is -2.36. The molecule has 0 aliphatic carbocycles. The molecule has 4 nitrogen and oxygen atoms in total. The molecule has 1 N–H and O–H groups in total. The van der Waals surface area contributed by atoms with Crippen LogP contribution >= 0.6 is 0 Å². The van der Waals surface area contributed by atoms with E-state index in [0.29, 0.717) is 12.6 Å². The second-order valence-corrected chi connectivity index (χ2v) is 4.66. The number of carbonyl (C=O) groups is 1. The molecule has 0 bridgehead atoms. The molecule has 1 aliphatic heterocycles. The van der Waals surface area contributed by atoms with E-state index >= 15 is 0 Å². The molecule has 0 radical (unpaired) electrons. The zero-order valence-electron chi connectivity index (χ0n) is 10.8. The van der Waals surface area contributed by atoms with Gasteiger partial charge in [-0.15, -0.1) is 0 Å². The van der Waals surface area contributed by atoms with Crippen molar-refractivity contribution in [3.8, 4) is 0 Å². The number of benzene rings is 1. The summed E-state index contributed by atoms with van der Waals surface area (Å²) in [5.41, 5.74) is 1.34. The summed E-state index contributed by atoms with van der Waals surface area (Å²) in [7, 11) is 1.42. The number of likely N-dealkylation sites (tertiary alicyclic amines) is 1. The van der Waals surface area contributed by atoms with Crippen LogP contribution in [0.2, 0.25) is 0 Å². The largest absolute Gasteiger partial charge is 0.468 e. The standard InChI is InChI=1S/C14H20N2O2/c1-18-14(17)9-15-13-7-8-16(11-13)10-12-5-3-2-4-6-12/h2-6,13,15H,7-11H2,1H3. The molecular formula is C14H20N2O2. The van der Waals surface area contributed by atoms with Gasteiger partial charge in [0.1, 0.15) is 0 Å². The molecule has 1 fully saturated rings. The van der Waals surface area contributed by atoms with Gasteiger partial charge in [-0.2, -0.15) is 0 Å². The Balaban J connectivity index is 1.73. The number of esters is 1. The molecular weight excluding hydrogens is 228 g/mol. The van der Waals surface area contributed by atoms with Crippen molar-refractivity contribution >= 4 is 5.97 Å². The van der Waals surface area contributed by atoms with Crippen molar-refractivity contribution in [2.75, 3.05) is 26.7 Å². The predicted molar refractivity (Wildman–Crippen MR) is 70.1 cm³/mol. The van der Waals surface area contributed by atoms with Crippen molar-refractivity contribution in [2.45, 2.75) is 19.0 Å². The topological polar surface area (TPSA) is 41.6 Å². The summed E-state index contributed by atoms with van der Waals surface area (Å²) in [6.45, 7) is 3.36. The predicted octanol–water partition coefficient (Wildman–Crippen LogP) is 1.02. The molecule has 2 rings (SSSR count). The Morgan fingerprint density at radius 2 is 2.22 bits per heavy atom. The first-order valence-corrected chi connectivity index (χ1v) is 6.34. The summed E-state index contributed by atoms with van der Waals surface area (Å²) in [6, 6.07) is 10.9. The van der Waals surface area contributed by atoms with Crippen molar-refractivity contribution < 1.29 is 9.53 Å². The number of methoxy groups -OCH3 is 1. The molecule has 18 heavy (non-hydrogen) atoms. The van der Waals surface area contributed by atoms with E-state index in [1.807, 2.05) is 6.07 Å². The van der Waals surface area contributed by atoms with Gasteiger partial charge in [0.2, 0.25) is 0 Å². The van der Waals surface area contributed by atoms with Crippen LogP contribution in [0, 0.1) is 0 Å². The molecule has 1 saturated heterocycles. The number of ether oxygens (including phenoxy) is 1. The van der Waals surface area contributed by atoms with E-state index in [9.17, 15) is 4.79 Å². The van der Waals surface area contributed by atoms with Crippen LogP contribution in [0.15, 0.2) is 30.3 Å². The molecule has 1 heterocycles. The van der Waals surface area contributed by atoms with Gasteiger partial charge in [-0.25, -0.2) is 0 Å². The first kappa shape index (κ1) is 13.1. The number of nitrogens with one attached hydrogen (secondary N) is 1. The summed E-state index contributed by atoms with van der Waals surface area (Å²) in [4.78, 5) is 13.4. The summed E-state index contributed by atoms with van der Waals surface area (Å²) in [6.07, 6.45) is 1.09. The molecule has 1 atom stereocenters. The molecule has 0 aromatic heterocycles. The minimum Gasteiger partial charge on any atom is -0.468 e. The van der Waals surface area contributed by atoms with Gasteiger partial charge in [0.15, 0.2) is 0 Å². The van der Waals surface area contributed by atoms with Gasteiger partial charge in [0, 0.05) is 25.7 Å². The number of rotatable bonds is 5. The van der Waals surface area contributed by atoms with E-state index < -0.39 is 0 Å². The van der Waals surface area contributed by atoms with Gasteiger partial charge in [-0.05, 0) is 12.0 Å². The van der Waals surface area contributed by atoms with Crippen LogP contribution in [-0.2, 0) is 16.1 Å². The van der Waals surface area contributed by atoms with E-state index in [0.717, 1.165) is 26.1 Å². The van der Waals surface area contributed by atoms with Gasteiger partial charge in [0.25, 0.3) is 0 Å². The van der Waals surface area contributed by atoms with Crippen molar-refractivity contribution in [3.63, 3.8) is 0 Å². The van der Waals surface area contributed by atoms with Crippen LogP contribution in [0.25, 0.3) is 0 Å². The summed E-state index contributed by atoms with van der Waals surface area (Å²) >= 11 is 0. The fourth-order valence-corrected chi connectivity index (χ4v) is 2.28. The SMILES string of the molecule is COC(=O)CNC1CCN(Cc2ccccc2)C1. The summed E-state index contributed by atoms with van der Waals surface area (Å²) in [5, 5.41) is 3.23. The number of carbonyl (C=O) groups excluding carboxylic acids is 1. The Morgan fingerprint density at radius 3 is 2.94 bits per heavy atom. The lowest BCUT2D eigenvalue weighted by atomic mass is 10.2. The van der Waals surface area contributed by atoms with Crippen molar-refractivity contribution in [3.05, 3.63) is 35.9 Å². The number of nitrogens with zero attached hydrogens (tertiary/aromatic N) is 1. The summed E-state index contributed by atoms with van der Waals surface area (Å²) in [5.74, 6) is -0.198. The van der Waals surface area contributed by atoms with E-state index in [4.69, 9.17) is 0 Å². The fourth-order valence-electron chi connectivity index (χ4n) is 2.28. The number of hydrogen-bond acceptors (Lipinski definition) is 4. The maximum absolute atomic E-state index is 11.0. The third kappa shape index (κ3) is 3.82. The van der Waals surface area contributed by atoms with Gasteiger partial charge in [-0.1, -0.05) is 30.3 Å². The van der Waals surface area contributed by atoms with E-state index in [2.05, 4.69) is 39.2 Å². The Hall–Kier alpha value is -1.39. The molecule has 1 aromatic rings. The van der Waals surface area contributed by atoms with E-state index in [1.54, 1.807) is 0 Å². The second-order valence-electron chi connectivity index (χ2n) is 4.66. The van der Waals surface area contributed by atoms with Crippen molar-refractivity contribution in [2.24, 2.45) is 0 Å². The quantitative estimate of drug-likeness (QED) is 0.790. The fraction of sp³-hybridized carbons (Fsp3) is 0.500. The summed E-state index contributed by atoms with van der Waals surface area (Å²) < 4.78 is 4.62. The zero-order valence-corrected chi connectivity index (χ0v) is 10.8. The van der Waals surface area contributed by atoms with Crippen molar-refractivity contribution in [1.82, 2.24) is 10.2 Å². The van der Waals surface area contributed by atoms with Crippen molar-refractivity contribution in [1.29, 1.82) is 0 Å². The highest BCUT2D eigenvalue weighted by Crippen LogP contribution is 2.13. The van der Waals surface area contributed by atoms with E-state index in [1.165, 1.54) is 12.7 Å². The maximum Gasteiger partial charge on any atom is 0.319 e. The molecule has 1 unspecified atom stereocenters. The van der Waals surface area contributed by atoms with Gasteiger partial charge >= 0.3 is 5.97 Å². The van der Waals surface area contributed by atoms with Crippen LogP contribution in [0.5, 0.6) is 0 Å².